The van der Waals surface area contributed by atoms with Crippen molar-refractivity contribution in [1.29, 1.82) is 0 Å². The molecule has 1 aromatic carbocycles. The van der Waals surface area contributed by atoms with Crippen molar-refractivity contribution >= 4 is 28.8 Å². The van der Waals surface area contributed by atoms with Crippen LogP contribution < -0.4 is 15.0 Å². The van der Waals surface area contributed by atoms with Gasteiger partial charge in [-0.3, -0.25) is 14.5 Å². The van der Waals surface area contributed by atoms with Gasteiger partial charge in [0, 0.05) is 10.9 Å². The molecule has 2 amide bonds. The monoisotopic (exact) mass is 454 g/mol. The van der Waals surface area contributed by atoms with Gasteiger partial charge < -0.3 is 10.1 Å². The van der Waals surface area contributed by atoms with Crippen molar-refractivity contribution in [2.45, 2.75) is 57.3 Å². The largest absolute Gasteiger partial charge is 0.492 e. The van der Waals surface area contributed by atoms with Crippen molar-refractivity contribution in [2.24, 2.45) is 0 Å². The maximum absolute atomic E-state index is 13.7. The number of para-hydroxylation sites is 2. The van der Waals surface area contributed by atoms with Crippen LogP contribution in [0.3, 0.4) is 0 Å². The molecule has 1 aliphatic carbocycles. The Bertz CT molecular complexity index is 880. The first kappa shape index (κ1) is 23.1. The van der Waals surface area contributed by atoms with Crippen LogP contribution in [0, 0.1) is 0 Å². The minimum absolute atomic E-state index is 0.0936. The maximum Gasteiger partial charge on any atom is 0.471 e. The molecule has 0 spiro atoms. The molecule has 0 aliphatic heterocycles. The molecule has 1 fully saturated rings. The van der Waals surface area contributed by atoms with E-state index in [4.69, 9.17) is 4.74 Å². The molecule has 5 nitrogen and oxygen atoms in total. The quantitative estimate of drug-likeness (QED) is 0.623. The number of nitrogens with zero attached hydrogens (tertiary/aromatic N) is 1. The summed E-state index contributed by atoms with van der Waals surface area (Å²) in [5.41, 5.74) is -0.0936. The highest BCUT2D eigenvalue weighted by molar-refractivity contribution is 7.10. The topological polar surface area (TPSA) is 58.6 Å². The van der Waals surface area contributed by atoms with Gasteiger partial charge in [-0.05, 0) is 43.3 Å². The molecule has 0 radical (unpaired) electrons. The predicted octanol–water partition coefficient (Wildman–Crippen LogP) is 5.23. The lowest BCUT2D eigenvalue weighted by atomic mass is 9.95. The Hall–Kier alpha value is -2.55. The second kappa shape index (κ2) is 10.2. The predicted molar refractivity (Wildman–Crippen MR) is 113 cm³/mol. The molecule has 9 heteroatoms. The van der Waals surface area contributed by atoms with Gasteiger partial charge in [0.1, 0.15) is 5.75 Å². The molecule has 3 rings (SSSR count). The third-order valence-electron chi connectivity index (χ3n) is 5.16. The van der Waals surface area contributed by atoms with E-state index in [1.807, 2.05) is 0 Å². The number of amides is 2. The molecule has 0 saturated heterocycles. The smallest absolute Gasteiger partial charge is 0.471 e. The van der Waals surface area contributed by atoms with E-state index in [0.29, 0.717) is 9.78 Å². The normalized spacial score (nSPS) is 15.9. The molecule has 2 aromatic rings. The Morgan fingerprint density at radius 3 is 2.48 bits per heavy atom. The molecule has 1 aliphatic rings. The molecule has 1 saturated carbocycles. The number of alkyl halides is 3. The van der Waals surface area contributed by atoms with Crippen molar-refractivity contribution in [3.8, 4) is 5.75 Å². The first-order chi connectivity index (χ1) is 14.8. The van der Waals surface area contributed by atoms with E-state index < -0.39 is 24.0 Å². The molecule has 1 heterocycles. The number of carbonyl (C=O) groups is 2. The summed E-state index contributed by atoms with van der Waals surface area (Å²) in [6.45, 7) is 1.89. The molecule has 31 heavy (non-hydrogen) atoms. The number of hydrogen-bond donors (Lipinski definition) is 1. The van der Waals surface area contributed by atoms with Crippen LogP contribution in [0.2, 0.25) is 0 Å². The van der Waals surface area contributed by atoms with Gasteiger partial charge in [-0.25, -0.2) is 0 Å². The van der Waals surface area contributed by atoms with Crippen LogP contribution in [0.15, 0.2) is 41.8 Å². The van der Waals surface area contributed by atoms with Crippen LogP contribution in [-0.4, -0.2) is 30.6 Å². The first-order valence-electron chi connectivity index (χ1n) is 10.3. The fourth-order valence-corrected chi connectivity index (χ4v) is 4.60. The van der Waals surface area contributed by atoms with Gasteiger partial charge in [0.05, 0.1) is 12.3 Å². The van der Waals surface area contributed by atoms with Crippen LogP contribution in [0.4, 0.5) is 18.9 Å². The minimum Gasteiger partial charge on any atom is -0.492 e. The maximum atomic E-state index is 13.7. The van der Waals surface area contributed by atoms with Crippen LogP contribution in [0.1, 0.15) is 49.9 Å². The fourth-order valence-electron chi connectivity index (χ4n) is 3.78. The van der Waals surface area contributed by atoms with Crippen molar-refractivity contribution in [2.75, 3.05) is 11.5 Å². The summed E-state index contributed by atoms with van der Waals surface area (Å²) in [4.78, 5) is 26.8. The van der Waals surface area contributed by atoms with Crippen molar-refractivity contribution in [3.05, 3.63) is 46.7 Å². The number of benzene rings is 1. The summed E-state index contributed by atoms with van der Waals surface area (Å²) in [6, 6.07) is 7.60. The van der Waals surface area contributed by atoms with Gasteiger partial charge in [-0.2, -0.15) is 13.2 Å². The lowest BCUT2D eigenvalue weighted by Gasteiger charge is -2.33. The van der Waals surface area contributed by atoms with Crippen molar-refractivity contribution in [1.82, 2.24) is 5.32 Å². The molecular formula is C22H25F3N2O3S. The molecule has 1 N–H and O–H groups in total. The SMILES string of the molecule is CCOc1ccccc1N(C(=O)C(F)(F)F)[C@H](C(=O)NC1CCCCC1)c1cccs1. The van der Waals surface area contributed by atoms with Gasteiger partial charge in [-0.15, -0.1) is 11.3 Å². The molecule has 1 atom stereocenters. The summed E-state index contributed by atoms with van der Waals surface area (Å²) in [5.74, 6) is -2.63. The van der Waals surface area contributed by atoms with Crippen molar-refractivity contribution < 1.29 is 27.5 Å². The van der Waals surface area contributed by atoms with Crippen LogP contribution in [0.5, 0.6) is 5.75 Å². The molecular weight excluding hydrogens is 429 g/mol. The number of rotatable bonds is 7. The van der Waals surface area contributed by atoms with Gasteiger partial charge in [0.15, 0.2) is 6.04 Å². The second-order valence-corrected chi connectivity index (χ2v) is 8.31. The van der Waals surface area contributed by atoms with E-state index >= 15 is 0 Å². The highest BCUT2D eigenvalue weighted by Gasteiger charge is 2.48. The lowest BCUT2D eigenvalue weighted by Crippen LogP contribution is -2.50. The molecule has 0 unspecified atom stereocenters. The van der Waals surface area contributed by atoms with E-state index in [2.05, 4.69) is 5.32 Å². The zero-order valence-electron chi connectivity index (χ0n) is 17.2. The van der Waals surface area contributed by atoms with Gasteiger partial charge in [0.2, 0.25) is 5.91 Å². The Labute approximate surface area is 183 Å². The second-order valence-electron chi connectivity index (χ2n) is 7.34. The molecule has 0 bridgehead atoms. The van der Waals surface area contributed by atoms with Gasteiger partial charge in [-0.1, -0.05) is 37.5 Å². The highest BCUT2D eigenvalue weighted by atomic mass is 32.1. The number of thiophene rings is 1. The lowest BCUT2D eigenvalue weighted by molar-refractivity contribution is -0.171. The van der Waals surface area contributed by atoms with E-state index in [-0.39, 0.29) is 24.1 Å². The fraction of sp³-hybridized carbons (Fsp3) is 0.455. The minimum atomic E-state index is -5.17. The number of anilines is 1. The Kier molecular flexibility index (Phi) is 7.59. The van der Waals surface area contributed by atoms with Crippen LogP contribution >= 0.6 is 11.3 Å². The molecule has 168 valence electrons. The zero-order chi connectivity index (χ0) is 22.4. The summed E-state index contributed by atoms with van der Waals surface area (Å²) < 4.78 is 46.5. The van der Waals surface area contributed by atoms with E-state index in [9.17, 15) is 22.8 Å². The third-order valence-corrected chi connectivity index (χ3v) is 6.08. The summed E-state index contributed by atoms with van der Waals surface area (Å²) in [5, 5.41) is 4.55. The number of nitrogens with one attached hydrogen (secondary N) is 1. The average Bonchev–Trinajstić information content (AvgIpc) is 3.26. The summed E-state index contributed by atoms with van der Waals surface area (Å²) in [7, 11) is 0. The standard InChI is InChI=1S/C22H25F3N2O3S/c1-2-30-17-12-7-6-11-16(17)27(21(29)22(23,24)25)19(18-13-8-14-31-18)20(28)26-15-9-4-3-5-10-15/h6-8,11-15,19H,2-5,9-10H2,1H3,(H,26,28)/t19-/m0/s1. The Morgan fingerprint density at radius 1 is 1.16 bits per heavy atom. The highest BCUT2D eigenvalue weighted by Crippen LogP contribution is 2.39. The Balaban J connectivity index is 2.07. The number of halogens is 3. The van der Waals surface area contributed by atoms with E-state index in [1.54, 1.807) is 30.5 Å². The van der Waals surface area contributed by atoms with Crippen LogP contribution in [-0.2, 0) is 9.59 Å². The first-order valence-corrected chi connectivity index (χ1v) is 11.2. The van der Waals surface area contributed by atoms with E-state index in [0.717, 1.165) is 43.4 Å². The number of carbonyl (C=O) groups excluding carboxylic acids is 2. The van der Waals surface area contributed by atoms with Crippen molar-refractivity contribution in [3.63, 3.8) is 0 Å². The van der Waals surface area contributed by atoms with Gasteiger partial charge >= 0.3 is 12.1 Å². The summed E-state index contributed by atoms with van der Waals surface area (Å²) in [6.07, 6.45) is -0.654. The third kappa shape index (κ3) is 5.58. The number of ether oxygens (including phenoxy) is 1. The zero-order valence-corrected chi connectivity index (χ0v) is 18.0. The van der Waals surface area contributed by atoms with Gasteiger partial charge in [0.25, 0.3) is 0 Å². The average molecular weight is 455 g/mol. The summed E-state index contributed by atoms with van der Waals surface area (Å²) >= 11 is 1.13. The number of hydrogen-bond acceptors (Lipinski definition) is 4. The molecule has 1 aromatic heterocycles. The Morgan fingerprint density at radius 2 is 1.87 bits per heavy atom. The van der Waals surface area contributed by atoms with E-state index in [1.165, 1.54) is 18.2 Å². The van der Waals surface area contributed by atoms with Crippen LogP contribution in [0.25, 0.3) is 0 Å².